The van der Waals surface area contributed by atoms with Crippen LogP contribution in [0.15, 0.2) is 90.0 Å². The third kappa shape index (κ3) is 11.7. The maximum absolute atomic E-state index is 17.3. The monoisotopic (exact) mass is 1220 g/mol. The van der Waals surface area contributed by atoms with Gasteiger partial charge >= 0.3 is 12.0 Å². The second-order valence-electron chi connectivity index (χ2n) is 23.2. The van der Waals surface area contributed by atoms with Crippen molar-refractivity contribution in [1.82, 2.24) is 44.5 Å². The number of terminal acetylenes is 1. The highest BCUT2D eigenvalue weighted by Gasteiger charge is 2.49. The van der Waals surface area contributed by atoms with Crippen molar-refractivity contribution in [3.8, 4) is 46.9 Å². The molecule has 3 N–H and O–H groups in total. The van der Waals surface area contributed by atoms with Gasteiger partial charge in [-0.2, -0.15) is 14.3 Å². The molecule has 458 valence electrons. The Labute approximate surface area is 505 Å². The molecule has 7 heterocycles. The molecule has 20 nitrogen and oxygen atoms in total. The molecular formula is C64H65F3N10O10S. The number of alkyl halides is 1. The summed E-state index contributed by atoms with van der Waals surface area (Å²) in [6, 6.07) is 20.8. The first kappa shape index (κ1) is 59.7. The molecule has 4 aliphatic heterocycles. The molecule has 0 radical (unpaired) electrons. The van der Waals surface area contributed by atoms with Crippen LogP contribution in [0, 0.1) is 36.8 Å². The standard InChI is InChI=1S/C64H65F3N10O10S/c1-5-46-50(66)16-15-40-25-45(78)28-48(56(40)46)58-57(67)59-49(31-69-58)61(71-63(70-59)86-36-64-17-9-20-76(64)35-44(65)30-64)75-19-8-10-41(33-75)62(81)68-18-21-84-22-23-85-53-27-42(26-51-60(53)74(4)73-72-51)47(29-55(79)80)39-14-13-37(2)43(24-39)34-77-32-38(3)87-52-11-6-7-12-54(52)88(77,82)83/h1,6-7,11-16,24-28,31,38,41,44,47,78H,8-10,17-23,29-30,32-36H2,2-4H3,(H,68,81)(H,79,80)/t38-,41?,44+,47?,64-/m1/s1. The number of carbonyl (C=O) groups is 2. The number of piperidine rings is 1. The zero-order valence-electron chi connectivity index (χ0n) is 48.7. The normalized spacial score (nSPS) is 20.5. The number of rotatable bonds is 19. The second-order valence-corrected chi connectivity index (χ2v) is 25.1. The van der Waals surface area contributed by atoms with Crippen molar-refractivity contribution in [1.29, 1.82) is 0 Å². The molecule has 4 aliphatic rings. The minimum atomic E-state index is -3.95. The number of sulfonamides is 1. The number of pyridine rings is 1. The third-order valence-electron chi connectivity index (χ3n) is 17.3. The zero-order valence-corrected chi connectivity index (χ0v) is 49.5. The number of amides is 1. The minimum Gasteiger partial charge on any atom is -0.508 e. The number of phenols is 1. The Morgan fingerprint density at radius 1 is 0.977 bits per heavy atom. The molecule has 1 amide bonds. The Hall–Kier alpha value is -8.63. The molecule has 5 atom stereocenters. The molecule has 0 aliphatic carbocycles. The van der Waals surface area contributed by atoms with E-state index >= 15 is 8.78 Å². The van der Waals surface area contributed by atoms with Gasteiger partial charge in [0.1, 0.15) is 81.5 Å². The molecular weight excluding hydrogens is 1160 g/mol. The highest BCUT2D eigenvalue weighted by Crippen LogP contribution is 2.43. The van der Waals surface area contributed by atoms with Crippen molar-refractivity contribution in [2.45, 2.75) is 87.5 Å². The van der Waals surface area contributed by atoms with E-state index in [1.165, 1.54) is 40.8 Å². The van der Waals surface area contributed by atoms with Crippen molar-refractivity contribution in [2.75, 3.05) is 70.6 Å². The Bertz CT molecular complexity index is 4210. The van der Waals surface area contributed by atoms with Crippen LogP contribution in [0.2, 0.25) is 0 Å². The van der Waals surface area contributed by atoms with Crippen LogP contribution < -0.4 is 24.4 Å². The average molecular weight is 1220 g/mol. The van der Waals surface area contributed by atoms with Crippen molar-refractivity contribution in [3.63, 3.8) is 0 Å². The van der Waals surface area contributed by atoms with Gasteiger partial charge < -0.3 is 39.4 Å². The number of aliphatic carboxylic acids is 1. The molecule has 5 aromatic carbocycles. The van der Waals surface area contributed by atoms with Crippen LogP contribution >= 0.6 is 0 Å². The summed E-state index contributed by atoms with van der Waals surface area (Å²) in [5.41, 5.74) is 2.75. The average Bonchev–Trinajstić information content (AvgIpc) is 1.62. The van der Waals surface area contributed by atoms with E-state index in [1.807, 2.05) is 36.9 Å². The largest absolute Gasteiger partial charge is 0.508 e. The fourth-order valence-corrected chi connectivity index (χ4v) is 14.7. The maximum Gasteiger partial charge on any atom is 0.319 e. The first-order valence-corrected chi connectivity index (χ1v) is 30.8. The number of nitrogens with zero attached hydrogens (tertiary/aromatic N) is 9. The van der Waals surface area contributed by atoms with Gasteiger partial charge in [0.05, 0.1) is 48.6 Å². The van der Waals surface area contributed by atoms with E-state index in [4.69, 9.17) is 30.4 Å². The number of aromatic nitrogens is 6. The number of hydrogen-bond donors (Lipinski definition) is 3. The summed E-state index contributed by atoms with van der Waals surface area (Å²) < 4.78 is 103. The molecule has 24 heteroatoms. The highest BCUT2D eigenvalue weighted by molar-refractivity contribution is 7.89. The lowest BCUT2D eigenvalue weighted by Gasteiger charge is -2.34. The third-order valence-corrected chi connectivity index (χ3v) is 19.1. The molecule has 88 heavy (non-hydrogen) atoms. The van der Waals surface area contributed by atoms with Crippen molar-refractivity contribution in [2.24, 2.45) is 13.0 Å². The van der Waals surface area contributed by atoms with Crippen LogP contribution in [0.1, 0.15) is 79.2 Å². The Kier molecular flexibility index (Phi) is 16.6. The van der Waals surface area contributed by atoms with Gasteiger partial charge in [-0.15, -0.1) is 11.5 Å². The quantitative estimate of drug-likeness (QED) is 0.0509. The summed E-state index contributed by atoms with van der Waals surface area (Å²) >= 11 is 0. The molecule has 3 aromatic heterocycles. The summed E-state index contributed by atoms with van der Waals surface area (Å²) in [5.74, 6) is -1.01. The molecule has 3 saturated heterocycles. The van der Waals surface area contributed by atoms with E-state index in [1.54, 1.807) is 42.1 Å². The van der Waals surface area contributed by atoms with Crippen molar-refractivity contribution < 1.29 is 60.3 Å². The van der Waals surface area contributed by atoms with Crippen molar-refractivity contribution >= 4 is 60.4 Å². The number of ether oxygens (including phenoxy) is 4. The smallest absolute Gasteiger partial charge is 0.319 e. The first-order chi connectivity index (χ1) is 42.4. The van der Waals surface area contributed by atoms with Gasteiger partial charge in [0.15, 0.2) is 5.82 Å². The van der Waals surface area contributed by atoms with Gasteiger partial charge in [0, 0.05) is 69.3 Å². The number of aromatic hydroxyl groups is 1. The lowest BCUT2D eigenvalue weighted by molar-refractivity contribution is -0.137. The number of hydrogen-bond acceptors (Lipinski definition) is 16. The summed E-state index contributed by atoms with van der Waals surface area (Å²) in [6.45, 7) is 6.05. The lowest BCUT2D eigenvalue weighted by Crippen LogP contribution is -2.44. The van der Waals surface area contributed by atoms with E-state index in [-0.39, 0.29) is 133 Å². The number of anilines is 1. The number of para-hydroxylation sites is 1. The second kappa shape index (κ2) is 24.5. The Morgan fingerprint density at radius 2 is 1.82 bits per heavy atom. The van der Waals surface area contributed by atoms with Crippen molar-refractivity contribution in [3.05, 3.63) is 125 Å². The number of halogens is 3. The van der Waals surface area contributed by atoms with Crippen LogP contribution in [0.3, 0.4) is 0 Å². The molecule has 0 bridgehead atoms. The number of aryl methyl sites for hydroxylation is 2. The van der Waals surface area contributed by atoms with Gasteiger partial charge in [0.2, 0.25) is 15.9 Å². The van der Waals surface area contributed by atoms with Gasteiger partial charge in [-0.25, -0.2) is 26.3 Å². The van der Waals surface area contributed by atoms with E-state index in [9.17, 15) is 32.6 Å². The van der Waals surface area contributed by atoms with Gasteiger partial charge in [-0.1, -0.05) is 47.5 Å². The Morgan fingerprint density at radius 3 is 2.65 bits per heavy atom. The zero-order chi connectivity index (χ0) is 61.6. The van der Waals surface area contributed by atoms with Crippen LogP contribution in [-0.2, 0) is 37.9 Å². The predicted octanol–water partition coefficient (Wildman–Crippen LogP) is 8.36. The predicted molar refractivity (Wildman–Crippen MR) is 321 cm³/mol. The van der Waals surface area contributed by atoms with Gasteiger partial charge in [0.25, 0.3) is 0 Å². The van der Waals surface area contributed by atoms with E-state index in [2.05, 4.69) is 36.4 Å². The van der Waals surface area contributed by atoms with E-state index in [0.717, 1.165) is 18.5 Å². The number of nitrogens with one attached hydrogen (secondary N) is 1. The number of carboxylic acid groups (broad SMARTS) is 1. The molecule has 3 fully saturated rings. The SMILES string of the molecule is C#Cc1c(F)ccc2cc(O)cc(-c3ncc4c(N5CCCC(C(=O)NCCOCCOc6cc(C(CC(=O)O)c7ccc(C)c(CN8C[C@@H](C)Oc9ccccc9S8(=O)=O)c7)cc7nnn(C)c67)C5)nc(OC[C@]56CCCN5C[C@@H](F)C6)nc4c3F)c12. The summed E-state index contributed by atoms with van der Waals surface area (Å²) in [6.07, 6.45) is 8.40. The molecule has 0 saturated carbocycles. The fourth-order valence-electron chi connectivity index (χ4n) is 13.0. The lowest BCUT2D eigenvalue weighted by atomic mass is 9.86. The summed E-state index contributed by atoms with van der Waals surface area (Å²) in [4.78, 5) is 44.4. The first-order valence-electron chi connectivity index (χ1n) is 29.3. The Balaban J connectivity index is 0.717. The summed E-state index contributed by atoms with van der Waals surface area (Å²) in [5, 5.41) is 33.3. The van der Waals surface area contributed by atoms with Crippen LogP contribution in [0.5, 0.6) is 23.3 Å². The van der Waals surface area contributed by atoms with Crippen LogP contribution in [0.25, 0.3) is 44.0 Å². The van der Waals surface area contributed by atoms with Crippen LogP contribution in [-0.4, -0.2) is 153 Å². The number of carbonyl (C=O) groups excluding carboxylic acids is 1. The highest BCUT2D eigenvalue weighted by atomic mass is 32.2. The van der Waals surface area contributed by atoms with Gasteiger partial charge in [-0.05, 0) is 116 Å². The molecule has 2 unspecified atom stereocenters. The van der Waals surface area contributed by atoms with E-state index < -0.39 is 57.3 Å². The fraction of sp³-hybridized carbons (Fsp3) is 0.391. The van der Waals surface area contributed by atoms with E-state index in [0.29, 0.717) is 71.2 Å². The molecule has 8 aromatic rings. The molecule has 0 spiro atoms. The maximum atomic E-state index is 17.3. The molecule has 12 rings (SSSR count). The number of benzene rings is 5. The minimum absolute atomic E-state index is 0.0302. The summed E-state index contributed by atoms with van der Waals surface area (Å²) in [7, 11) is -2.23. The number of fused-ring (bicyclic) bond motifs is 5. The number of phenolic OH excluding ortho intramolecular Hbond substituents is 1. The van der Waals surface area contributed by atoms with Gasteiger partial charge in [-0.3, -0.25) is 19.5 Å². The number of carboxylic acids is 1. The topological polar surface area (TPSA) is 237 Å². The van der Waals surface area contributed by atoms with Crippen LogP contribution in [0.4, 0.5) is 19.0 Å².